The van der Waals surface area contributed by atoms with E-state index in [1.165, 1.54) is 11.1 Å². The summed E-state index contributed by atoms with van der Waals surface area (Å²) >= 11 is 0. The molecule has 0 bridgehead atoms. The van der Waals surface area contributed by atoms with Crippen LogP contribution in [0.2, 0.25) is 0 Å². The van der Waals surface area contributed by atoms with E-state index < -0.39 is 0 Å². The smallest absolute Gasteiger partial charge is 0.256 e. The molecule has 0 radical (unpaired) electrons. The zero-order valence-electron chi connectivity index (χ0n) is 16.4. The average molecular weight is 374 g/mol. The third-order valence-electron chi connectivity index (χ3n) is 5.35. The molecule has 2 aromatic carbocycles. The molecule has 1 unspecified atom stereocenters. The molecule has 0 saturated carbocycles. The van der Waals surface area contributed by atoms with Crippen LogP contribution in [-0.4, -0.2) is 22.2 Å². The molecule has 1 aliphatic heterocycles. The normalized spacial score (nSPS) is 17.4. The number of hydrogen-bond donors (Lipinski definition) is 2. The minimum Gasteiger partial charge on any atom is -0.363 e. The number of nitrogens with zero attached hydrogens (tertiary/aromatic N) is 2. The summed E-state index contributed by atoms with van der Waals surface area (Å²) in [6.07, 6.45) is 3.39. The van der Waals surface area contributed by atoms with Crippen LogP contribution in [0.5, 0.6) is 0 Å². The Labute approximate surface area is 165 Å². The van der Waals surface area contributed by atoms with Gasteiger partial charge in [-0.1, -0.05) is 60.7 Å². The lowest BCUT2D eigenvalue weighted by molar-refractivity contribution is 0.0954. The first kappa shape index (κ1) is 18.3. The number of rotatable bonds is 5. The van der Waals surface area contributed by atoms with Crippen molar-refractivity contribution in [2.24, 2.45) is 0 Å². The first-order chi connectivity index (χ1) is 13.5. The highest BCUT2D eigenvalue weighted by Crippen LogP contribution is 2.39. The van der Waals surface area contributed by atoms with Gasteiger partial charge in [0.15, 0.2) is 0 Å². The quantitative estimate of drug-likeness (QED) is 0.705. The van der Waals surface area contributed by atoms with Crippen molar-refractivity contribution in [1.29, 1.82) is 0 Å². The van der Waals surface area contributed by atoms with E-state index in [0.29, 0.717) is 12.1 Å². The van der Waals surface area contributed by atoms with Gasteiger partial charge in [-0.2, -0.15) is 5.10 Å². The molecule has 2 heterocycles. The zero-order valence-corrected chi connectivity index (χ0v) is 16.4. The van der Waals surface area contributed by atoms with Gasteiger partial charge in [0.25, 0.3) is 5.91 Å². The third kappa shape index (κ3) is 3.65. The molecule has 5 nitrogen and oxygen atoms in total. The predicted molar refractivity (Wildman–Crippen MR) is 111 cm³/mol. The summed E-state index contributed by atoms with van der Waals surface area (Å²) in [6, 6.07) is 20.7. The molecular weight excluding hydrogens is 348 g/mol. The van der Waals surface area contributed by atoms with Crippen LogP contribution in [0.25, 0.3) is 0 Å². The molecule has 0 spiro atoms. The number of amides is 1. The highest BCUT2D eigenvalue weighted by atomic mass is 16.1. The van der Waals surface area contributed by atoms with E-state index in [1.54, 1.807) is 6.20 Å². The van der Waals surface area contributed by atoms with Crippen LogP contribution in [0.1, 0.15) is 47.8 Å². The van der Waals surface area contributed by atoms with Gasteiger partial charge in [0.2, 0.25) is 0 Å². The molecule has 0 fully saturated rings. The van der Waals surface area contributed by atoms with Crippen LogP contribution in [0.3, 0.4) is 0 Å². The van der Waals surface area contributed by atoms with Gasteiger partial charge in [0, 0.05) is 6.54 Å². The van der Waals surface area contributed by atoms with Crippen LogP contribution < -0.4 is 10.6 Å². The van der Waals surface area contributed by atoms with Gasteiger partial charge >= 0.3 is 0 Å². The Kier molecular flexibility index (Phi) is 4.90. The largest absolute Gasteiger partial charge is 0.363 e. The number of nitrogens with one attached hydrogen (secondary N) is 2. The second-order valence-corrected chi connectivity index (χ2v) is 7.93. The SMILES string of the molecule is CC1(C)CC(c2ccccc2)Nc2c(C(=O)NCCc3ccccc3)cnn21. The van der Waals surface area contributed by atoms with Crippen molar-refractivity contribution in [3.63, 3.8) is 0 Å². The Balaban J connectivity index is 1.51. The molecule has 0 aliphatic carbocycles. The lowest BCUT2D eigenvalue weighted by Crippen LogP contribution is -2.38. The monoisotopic (exact) mass is 374 g/mol. The summed E-state index contributed by atoms with van der Waals surface area (Å²) in [5, 5.41) is 11.1. The van der Waals surface area contributed by atoms with Gasteiger partial charge in [-0.25, -0.2) is 4.68 Å². The first-order valence-corrected chi connectivity index (χ1v) is 9.77. The minimum absolute atomic E-state index is 0.0887. The van der Waals surface area contributed by atoms with Crippen LogP contribution in [-0.2, 0) is 12.0 Å². The van der Waals surface area contributed by atoms with E-state index in [0.717, 1.165) is 18.7 Å². The number of carbonyl (C=O) groups is 1. The summed E-state index contributed by atoms with van der Waals surface area (Å²) < 4.78 is 1.94. The summed E-state index contributed by atoms with van der Waals surface area (Å²) in [6.45, 7) is 4.92. The van der Waals surface area contributed by atoms with Crippen molar-refractivity contribution < 1.29 is 4.79 Å². The number of benzene rings is 2. The fourth-order valence-corrected chi connectivity index (χ4v) is 3.86. The Bertz CT molecular complexity index is 947. The van der Waals surface area contributed by atoms with Crippen molar-refractivity contribution in [2.75, 3.05) is 11.9 Å². The molecule has 144 valence electrons. The van der Waals surface area contributed by atoms with E-state index in [4.69, 9.17) is 0 Å². The molecule has 2 N–H and O–H groups in total. The second kappa shape index (κ2) is 7.50. The van der Waals surface area contributed by atoms with Crippen LogP contribution in [0.15, 0.2) is 66.9 Å². The number of aromatic nitrogens is 2. The van der Waals surface area contributed by atoms with Crippen molar-refractivity contribution in [3.05, 3.63) is 83.6 Å². The van der Waals surface area contributed by atoms with E-state index in [9.17, 15) is 4.79 Å². The van der Waals surface area contributed by atoms with Crippen LogP contribution in [0.4, 0.5) is 5.82 Å². The maximum Gasteiger partial charge on any atom is 0.256 e. The maximum absolute atomic E-state index is 12.8. The molecule has 1 amide bonds. The standard InChI is InChI=1S/C23H26N4O/c1-23(2)15-20(18-11-7-4-8-12-18)26-21-19(16-25-27(21)23)22(28)24-14-13-17-9-5-3-6-10-17/h3-12,16,20,26H,13-15H2,1-2H3,(H,24,28). The number of anilines is 1. The highest BCUT2D eigenvalue weighted by molar-refractivity contribution is 5.98. The number of carbonyl (C=O) groups excluding carboxylic acids is 1. The van der Waals surface area contributed by atoms with E-state index in [1.807, 2.05) is 41.1 Å². The van der Waals surface area contributed by atoms with E-state index >= 15 is 0 Å². The molecule has 1 atom stereocenters. The van der Waals surface area contributed by atoms with Gasteiger partial charge in [-0.15, -0.1) is 0 Å². The fraction of sp³-hybridized carbons (Fsp3) is 0.304. The van der Waals surface area contributed by atoms with Crippen molar-refractivity contribution >= 4 is 11.7 Å². The Morgan fingerprint density at radius 3 is 2.54 bits per heavy atom. The predicted octanol–water partition coefficient (Wildman–Crippen LogP) is 4.15. The summed E-state index contributed by atoms with van der Waals surface area (Å²) in [4.78, 5) is 12.8. The van der Waals surface area contributed by atoms with Crippen molar-refractivity contribution in [1.82, 2.24) is 15.1 Å². The van der Waals surface area contributed by atoms with Crippen LogP contribution >= 0.6 is 0 Å². The number of hydrogen-bond acceptors (Lipinski definition) is 3. The Hall–Kier alpha value is -3.08. The topological polar surface area (TPSA) is 59.0 Å². The summed E-state index contributed by atoms with van der Waals surface area (Å²) in [5.74, 6) is 0.705. The summed E-state index contributed by atoms with van der Waals surface area (Å²) in [5.41, 5.74) is 2.85. The summed E-state index contributed by atoms with van der Waals surface area (Å²) in [7, 11) is 0. The lowest BCUT2D eigenvalue weighted by atomic mass is 9.89. The van der Waals surface area contributed by atoms with Crippen molar-refractivity contribution in [3.8, 4) is 0 Å². The lowest BCUT2D eigenvalue weighted by Gasteiger charge is -2.38. The molecule has 1 aliphatic rings. The van der Waals surface area contributed by atoms with Crippen LogP contribution in [0, 0.1) is 0 Å². The molecule has 0 saturated heterocycles. The number of fused-ring (bicyclic) bond motifs is 1. The van der Waals surface area contributed by atoms with Gasteiger partial charge < -0.3 is 10.6 Å². The third-order valence-corrected chi connectivity index (χ3v) is 5.35. The molecular formula is C23H26N4O. The van der Waals surface area contributed by atoms with Gasteiger partial charge in [-0.3, -0.25) is 4.79 Å². The fourth-order valence-electron chi connectivity index (χ4n) is 3.86. The zero-order chi connectivity index (χ0) is 19.6. The van der Waals surface area contributed by atoms with E-state index in [-0.39, 0.29) is 17.5 Å². The molecule has 28 heavy (non-hydrogen) atoms. The van der Waals surface area contributed by atoms with Gasteiger partial charge in [0.05, 0.1) is 17.8 Å². The van der Waals surface area contributed by atoms with Gasteiger partial charge in [0.1, 0.15) is 11.4 Å². The molecule has 3 aromatic rings. The maximum atomic E-state index is 12.8. The average Bonchev–Trinajstić information content (AvgIpc) is 3.14. The molecule has 5 heteroatoms. The van der Waals surface area contributed by atoms with E-state index in [2.05, 4.69) is 53.8 Å². The molecule has 4 rings (SSSR count). The Morgan fingerprint density at radius 1 is 1.14 bits per heavy atom. The first-order valence-electron chi connectivity index (χ1n) is 9.77. The Morgan fingerprint density at radius 2 is 1.82 bits per heavy atom. The highest BCUT2D eigenvalue weighted by Gasteiger charge is 2.36. The van der Waals surface area contributed by atoms with Crippen molar-refractivity contribution in [2.45, 2.75) is 38.3 Å². The van der Waals surface area contributed by atoms with Gasteiger partial charge in [-0.05, 0) is 37.8 Å². The second-order valence-electron chi connectivity index (χ2n) is 7.93. The molecule has 1 aromatic heterocycles. The minimum atomic E-state index is -0.177.